The molecule has 0 aliphatic rings. The number of aryl methyl sites for hydroxylation is 1. The van der Waals surface area contributed by atoms with Crippen LogP contribution in [0.3, 0.4) is 0 Å². The third-order valence-corrected chi connectivity index (χ3v) is 5.46. The van der Waals surface area contributed by atoms with E-state index in [1.54, 1.807) is 12.1 Å². The molecule has 0 aliphatic carbocycles. The Balaban J connectivity index is 2.25. The molecule has 0 spiro atoms. The first-order chi connectivity index (χ1) is 8.90. The van der Waals surface area contributed by atoms with Gasteiger partial charge in [0.2, 0.25) is 10.0 Å². The molecule has 0 saturated carbocycles. The molecule has 0 amide bonds. The average molecular weight is 296 g/mol. The zero-order chi connectivity index (χ0) is 14.0. The smallest absolute Gasteiger partial charge is 0.241 e. The normalized spacial score (nSPS) is 13.4. The van der Waals surface area contributed by atoms with Crippen LogP contribution in [0.5, 0.6) is 0 Å². The molecule has 19 heavy (non-hydrogen) atoms. The zero-order valence-electron chi connectivity index (χ0n) is 10.8. The topological polar surface area (TPSA) is 72.2 Å². The van der Waals surface area contributed by atoms with Crippen molar-refractivity contribution in [1.82, 2.24) is 4.72 Å². The summed E-state index contributed by atoms with van der Waals surface area (Å²) < 4.78 is 27.1. The maximum Gasteiger partial charge on any atom is 0.241 e. The van der Waals surface area contributed by atoms with Gasteiger partial charge in [-0.05, 0) is 43.0 Å². The molecule has 0 radical (unpaired) electrons. The van der Waals surface area contributed by atoms with Crippen molar-refractivity contribution >= 4 is 27.0 Å². The summed E-state index contributed by atoms with van der Waals surface area (Å²) in [5.74, 6) is 0. The van der Waals surface area contributed by atoms with Gasteiger partial charge in [0.15, 0.2) is 0 Å². The Hall–Kier alpha value is -1.37. The van der Waals surface area contributed by atoms with Gasteiger partial charge >= 0.3 is 0 Å². The number of hydrogen-bond donors (Lipinski definition) is 2. The molecular weight excluding hydrogens is 280 g/mol. The van der Waals surface area contributed by atoms with Crippen LogP contribution in [0.25, 0.3) is 0 Å². The minimum Gasteiger partial charge on any atom is -0.398 e. The summed E-state index contributed by atoms with van der Waals surface area (Å²) in [5, 5.41) is 1.92. The van der Waals surface area contributed by atoms with Gasteiger partial charge in [-0.3, -0.25) is 0 Å². The Bertz CT molecular complexity index is 664. The molecular formula is C13H16N2O2S2. The van der Waals surface area contributed by atoms with Crippen LogP contribution >= 0.6 is 11.3 Å². The summed E-state index contributed by atoms with van der Waals surface area (Å²) in [4.78, 5) is 1.17. The molecule has 1 aromatic carbocycles. The lowest BCUT2D eigenvalue weighted by Crippen LogP contribution is -2.26. The van der Waals surface area contributed by atoms with Gasteiger partial charge < -0.3 is 5.73 Å². The summed E-state index contributed by atoms with van der Waals surface area (Å²) in [7, 11) is -3.55. The third kappa shape index (κ3) is 3.15. The molecule has 102 valence electrons. The molecule has 1 atom stereocenters. The molecule has 0 aliphatic heterocycles. The Morgan fingerprint density at radius 1 is 1.32 bits per heavy atom. The maximum atomic E-state index is 12.2. The quantitative estimate of drug-likeness (QED) is 0.852. The SMILES string of the molecule is Cc1ccc(S(=O)(=O)NC(C)c2cccs2)cc1N. The molecule has 0 bridgehead atoms. The number of hydrogen-bond acceptors (Lipinski definition) is 4. The first kappa shape index (κ1) is 14.0. The van der Waals surface area contributed by atoms with Crippen LogP contribution in [0.1, 0.15) is 23.4 Å². The molecule has 0 saturated heterocycles. The number of anilines is 1. The second-order valence-corrected chi connectivity index (χ2v) is 7.07. The summed E-state index contributed by atoms with van der Waals surface area (Å²) in [5.41, 5.74) is 7.10. The zero-order valence-corrected chi connectivity index (χ0v) is 12.4. The van der Waals surface area contributed by atoms with Crippen LogP contribution < -0.4 is 10.5 Å². The van der Waals surface area contributed by atoms with Gasteiger partial charge in [0.25, 0.3) is 0 Å². The number of thiophene rings is 1. The average Bonchev–Trinajstić information content (AvgIpc) is 2.85. The highest BCUT2D eigenvalue weighted by Crippen LogP contribution is 2.22. The fourth-order valence-electron chi connectivity index (χ4n) is 1.68. The number of nitrogens with one attached hydrogen (secondary N) is 1. The number of nitrogen functional groups attached to an aromatic ring is 1. The first-order valence-electron chi connectivity index (χ1n) is 5.82. The minimum absolute atomic E-state index is 0.194. The molecule has 1 unspecified atom stereocenters. The standard InChI is InChI=1S/C13H16N2O2S2/c1-9-5-6-11(8-12(9)14)19(16,17)15-10(2)13-4-3-7-18-13/h3-8,10,15H,14H2,1-2H3. The van der Waals surface area contributed by atoms with Crippen LogP contribution in [-0.4, -0.2) is 8.42 Å². The van der Waals surface area contributed by atoms with E-state index >= 15 is 0 Å². The van der Waals surface area contributed by atoms with Gasteiger partial charge in [0, 0.05) is 10.6 Å². The van der Waals surface area contributed by atoms with Crippen molar-refractivity contribution in [2.24, 2.45) is 0 Å². The van der Waals surface area contributed by atoms with Crippen LogP contribution in [0.4, 0.5) is 5.69 Å². The van der Waals surface area contributed by atoms with Gasteiger partial charge in [0.1, 0.15) is 0 Å². The first-order valence-corrected chi connectivity index (χ1v) is 8.18. The van der Waals surface area contributed by atoms with E-state index in [1.165, 1.54) is 17.4 Å². The van der Waals surface area contributed by atoms with Crippen molar-refractivity contribution in [3.05, 3.63) is 46.2 Å². The highest BCUT2D eigenvalue weighted by molar-refractivity contribution is 7.89. The molecule has 1 heterocycles. The lowest BCUT2D eigenvalue weighted by atomic mass is 10.2. The van der Waals surface area contributed by atoms with E-state index in [4.69, 9.17) is 5.73 Å². The fourth-order valence-corrected chi connectivity index (χ4v) is 3.75. The summed E-state index contributed by atoms with van der Waals surface area (Å²) in [6.07, 6.45) is 0. The van der Waals surface area contributed by atoms with Gasteiger partial charge in [-0.25, -0.2) is 13.1 Å². The monoisotopic (exact) mass is 296 g/mol. The van der Waals surface area contributed by atoms with Crippen molar-refractivity contribution < 1.29 is 8.42 Å². The molecule has 1 aromatic heterocycles. The lowest BCUT2D eigenvalue weighted by Gasteiger charge is -2.13. The highest BCUT2D eigenvalue weighted by Gasteiger charge is 2.19. The van der Waals surface area contributed by atoms with E-state index in [-0.39, 0.29) is 10.9 Å². The lowest BCUT2D eigenvalue weighted by molar-refractivity contribution is 0.568. The molecule has 4 nitrogen and oxygen atoms in total. The number of benzene rings is 1. The predicted octanol–water partition coefficient (Wildman–Crippen LogP) is 2.68. The maximum absolute atomic E-state index is 12.2. The van der Waals surface area contributed by atoms with E-state index in [2.05, 4.69) is 4.72 Å². The van der Waals surface area contributed by atoms with Gasteiger partial charge in [-0.2, -0.15) is 0 Å². The van der Waals surface area contributed by atoms with Gasteiger partial charge in [0.05, 0.1) is 10.9 Å². The Kier molecular flexibility index (Phi) is 3.93. The van der Waals surface area contributed by atoms with Gasteiger partial charge in [-0.15, -0.1) is 11.3 Å². The fraction of sp³-hybridized carbons (Fsp3) is 0.231. The molecule has 6 heteroatoms. The second kappa shape index (κ2) is 5.32. The molecule has 0 fully saturated rings. The number of sulfonamides is 1. The van der Waals surface area contributed by atoms with Crippen LogP contribution in [0.2, 0.25) is 0 Å². The van der Waals surface area contributed by atoms with E-state index in [0.717, 1.165) is 10.4 Å². The Labute approximate surface area is 117 Å². The van der Waals surface area contributed by atoms with Crippen molar-refractivity contribution in [1.29, 1.82) is 0 Å². The molecule has 3 N–H and O–H groups in total. The number of nitrogens with two attached hydrogens (primary N) is 1. The second-order valence-electron chi connectivity index (χ2n) is 4.38. The Morgan fingerprint density at radius 3 is 2.63 bits per heavy atom. The largest absolute Gasteiger partial charge is 0.398 e. The van der Waals surface area contributed by atoms with Crippen molar-refractivity contribution in [2.75, 3.05) is 5.73 Å². The van der Waals surface area contributed by atoms with Crippen LogP contribution in [-0.2, 0) is 10.0 Å². The highest BCUT2D eigenvalue weighted by atomic mass is 32.2. The van der Waals surface area contributed by atoms with E-state index in [9.17, 15) is 8.42 Å². The predicted molar refractivity (Wildman–Crippen MR) is 78.6 cm³/mol. The van der Waals surface area contributed by atoms with Gasteiger partial charge in [-0.1, -0.05) is 12.1 Å². The Morgan fingerprint density at radius 2 is 2.05 bits per heavy atom. The molecule has 2 rings (SSSR count). The van der Waals surface area contributed by atoms with E-state index in [0.29, 0.717) is 5.69 Å². The van der Waals surface area contributed by atoms with Crippen LogP contribution in [0, 0.1) is 6.92 Å². The summed E-state index contributed by atoms with van der Waals surface area (Å²) in [6.45, 7) is 3.66. The summed E-state index contributed by atoms with van der Waals surface area (Å²) in [6, 6.07) is 8.30. The minimum atomic E-state index is -3.55. The van der Waals surface area contributed by atoms with E-state index < -0.39 is 10.0 Å². The molecule has 2 aromatic rings. The summed E-state index contributed by atoms with van der Waals surface area (Å²) >= 11 is 1.52. The van der Waals surface area contributed by atoms with Crippen molar-refractivity contribution in [3.8, 4) is 0 Å². The van der Waals surface area contributed by atoms with E-state index in [1.807, 2.05) is 31.4 Å². The van der Waals surface area contributed by atoms with Crippen molar-refractivity contribution in [2.45, 2.75) is 24.8 Å². The van der Waals surface area contributed by atoms with Crippen molar-refractivity contribution in [3.63, 3.8) is 0 Å². The number of rotatable bonds is 4. The van der Waals surface area contributed by atoms with Crippen LogP contribution in [0.15, 0.2) is 40.6 Å². The third-order valence-electron chi connectivity index (χ3n) is 2.86.